The van der Waals surface area contributed by atoms with Gasteiger partial charge in [-0.25, -0.2) is 0 Å². The fourth-order valence-electron chi connectivity index (χ4n) is 4.61. The van der Waals surface area contributed by atoms with Gasteiger partial charge in [-0.2, -0.15) is 0 Å². The Morgan fingerprint density at radius 1 is 0.926 bits per heavy atom. The van der Waals surface area contributed by atoms with Crippen molar-refractivity contribution in [3.63, 3.8) is 0 Å². The quantitative estimate of drug-likeness (QED) is 0.488. The van der Waals surface area contributed by atoms with Crippen molar-refractivity contribution in [2.75, 3.05) is 19.6 Å². The fourth-order valence-corrected chi connectivity index (χ4v) is 4.61. The highest BCUT2D eigenvalue weighted by atomic mass is 15.1. The van der Waals surface area contributed by atoms with E-state index < -0.39 is 0 Å². The Labute approximate surface area is 160 Å². The summed E-state index contributed by atoms with van der Waals surface area (Å²) >= 11 is 0. The number of H-pyrrole nitrogens is 2. The number of aromatic amines is 2. The van der Waals surface area contributed by atoms with E-state index in [0.717, 1.165) is 6.42 Å². The van der Waals surface area contributed by atoms with Gasteiger partial charge in [0.05, 0.1) is 0 Å². The van der Waals surface area contributed by atoms with Crippen LogP contribution in [0.3, 0.4) is 0 Å². The molecule has 1 aliphatic heterocycles. The van der Waals surface area contributed by atoms with Crippen LogP contribution in [0, 0.1) is 0 Å². The van der Waals surface area contributed by atoms with Gasteiger partial charge in [-0.05, 0) is 74.5 Å². The molecule has 2 aromatic carbocycles. The van der Waals surface area contributed by atoms with Crippen molar-refractivity contribution in [3.8, 4) is 0 Å². The third-order valence-electron chi connectivity index (χ3n) is 6.17. The molecular weight excluding hydrogens is 330 g/mol. The molecule has 2 aromatic heterocycles. The Morgan fingerprint density at radius 2 is 1.70 bits per heavy atom. The van der Waals surface area contributed by atoms with Crippen LogP contribution in [0.2, 0.25) is 0 Å². The lowest BCUT2D eigenvalue weighted by Gasteiger charge is -2.31. The van der Waals surface area contributed by atoms with Gasteiger partial charge in [0.2, 0.25) is 0 Å². The summed E-state index contributed by atoms with van der Waals surface area (Å²) in [7, 11) is 0. The summed E-state index contributed by atoms with van der Waals surface area (Å²) in [4.78, 5) is 9.68. The van der Waals surface area contributed by atoms with E-state index in [1.807, 2.05) is 0 Å². The second kappa shape index (κ2) is 7.24. The van der Waals surface area contributed by atoms with Gasteiger partial charge in [0.25, 0.3) is 0 Å². The fraction of sp³-hybridized carbons (Fsp3) is 0.333. The molecule has 3 heterocycles. The Kier molecular flexibility index (Phi) is 4.46. The highest BCUT2D eigenvalue weighted by molar-refractivity contribution is 5.83. The maximum atomic E-state index is 3.64. The summed E-state index contributed by atoms with van der Waals surface area (Å²) in [6.07, 6.45) is 7.11. The molecule has 0 unspecified atom stereocenters. The molecule has 1 saturated heterocycles. The number of piperidine rings is 1. The SMILES string of the molecule is c1ccc2[nH]c(C3CCN(CCCc4c[nH]c5ccccc45)CC3)cc2c1. The molecule has 0 aliphatic carbocycles. The summed E-state index contributed by atoms with van der Waals surface area (Å²) in [6, 6.07) is 19.6. The minimum atomic E-state index is 0.683. The summed E-state index contributed by atoms with van der Waals surface area (Å²) in [5.41, 5.74) is 5.41. The molecule has 0 amide bonds. The van der Waals surface area contributed by atoms with Crippen molar-refractivity contribution < 1.29 is 0 Å². The molecule has 27 heavy (non-hydrogen) atoms. The predicted molar refractivity (Wildman–Crippen MR) is 113 cm³/mol. The van der Waals surface area contributed by atoms with Gasteiger partial charge >= 0.3 is 0 Å². The molecule has 2 N–H and O–H groups in total. The lowest BCUT2D eigenvalue weighted by molar-refractivity contribution is 0.209. The molecule has 1 aliphatic rings. The second-order valence-corrected chi connectivity index (χ2v) is 7.89. The molecule has 0 atom stereocenters. The molecule has 0 radical (unpaired) electrons. The van der Waals surface area contributed by atoms with Crippen molar-refractivity contribution in [3.05, 3.63) is 72.1 Å². The van der Waals surface area contributed by atoms with Crippen LogP contribution < -0.4 is 0 Å². The lowest BCUT2D eigenvalue weighted by atomic mass is 9.93. The van der Waals surface area contributed by atoms with Gasteiger partial charge in [0.15, 0.2) is 0 Å². The first-order valence-electron chi connectivity index (χ1n) is 10.2. The molecule has 0 spiro atoms. The van der Waals surface area contributed by atoms with Crippen LogP contribution in [0.15, 0.2) is 60.8 Å². The predicted octanol–water partition coefficient (Wildman–Crippen LogP) is 5.46. The third kappa shape index (κ3) is 3.40. The summed E-state index contributed by atoms with van der Waals surface area (Å²) in [6.45, 7) is 3.64. The van der Waals surface area contributed by atoms with E-state index in [1.54, 1.807) is 0 Å². The topological polar surface area (TPSA) is 34.8 Å². The zero-order valence-corrected chi connectivity index (χ0v) is 15.7. The number of aromatic nitrogens is 2. The number of nitrogens with one attached hydrogen (secondary N) is 2. The second-order valence-electron chi connectivity index (χ2n) is 7.89. The first kappa shape index (κ1) is 16.6. The summed E-state index contributed by atoms with van der Waals surface area (Å²) in [5.74, 6) is 0.683. The number of benzene rings is 2. The third-order valence-corrected chi connectivity index (χ3v) is 6.17. The van der Waals surface area contributed by atoms with Gasteiger partial charge in [-0.1, -0.05) is 36.4 Å². The smallest absolute Gasteiger partial charge is 0.0456 e. The highest BCUT2D eigenvalue weighted by Gasteiger charge is 2.21. The van der Waals surface area contributed by atoms with Gasteiger partial charge in [-0.3, -0.25) is 0 Å². The average Bonchev–Trinajstić information content (AvgIpc) is 3.33. The molecular formula is C24H27N3. The maximum Gasteiger partial charge on any atom is 0.0456 e. The van der Waals surface area contributed by atoms with Crippen molar-refractivity contribution in [2.45, 2.75) is 31.6 Å². The molecule has 0 bridgehead atoms. The number of rotatable bonds is 5. The number of hydrogen-bond donors (Lipinski definition) is 2. The molecule has 0 saturated carbocycles. The standard InChI is InChI=1S/C24H27N3/c1-3-9-22-19(6-1)16-24(26-22)18-11-14-27(15-12-18)13-5-7-20-17-25-23-10-4-2-8-21(20)23/h1-4,6,8-10,16-18,25-26H,5,7,11-15H2. The zero-order chi connectivity index (χ0) is 18.1. The van der Waals surface area contributed by atoms with Crippen LogP contribution in [0.1, 0.15) is 36.4 Å². The van der Waals surface area contributed by atoms with Crippen LogP contribution in [0.5, 0.6) is 0 Å². The van der Waals surface area contributed by atoms with Crippen LogP contribution in [0.4, 0.5) is 0 Å². The van der Waals surface area contributed by atoms with Gasteiger partial charge < -0.3 is 14.9 Å². The van der Waals surface area contributed by atoms with E-state index in [4.69, 9.17) is 0 Å². The van der Waals surface area contributed by atoms with Crippen molar-refractivity contribution in [1.29, 1.82) is 0 Å². The van der Waals surface area contributed by atoms with Crippen molar-refractivity contribution in [2.24, 2.45) is 0 Å². The first-order chi connectivity index (χ1) is 13.4. The number of likely N-dealkylation sites (tertiary alicyclic amines) is 1. The minimum Gasteiger partial charge on any atom is -0.361 e. The Balaban J connectivity index is 1.14. The number of nitrogens with zero attached hydrogens (tertiary/aromatic N) is 1. The largest absolute Gasteiger partial charge is 0.361 e. The number of fused-ring (bicyclic) bond motifs is 2. The molecule has 3 nitrogen and oxygen atoms in total. The lowest BCUT2D eigenvalue weighted by Crippen LogP contribution is -2.33. The first-order valence-corrected chi connectivity index (χ1v) is 10.2. The zero-order valence-electron chi connectivity index (χ0n) is 15.7. The maximum absolute atomic E-state index is 3.64. The number of hydrogen-bond acceptors (Lipinski definition) is 1. The molecule has 4 aromatic rings. The van der Waals surface area contributed by atoms with E-state index in [-0.39, 0.29) is 0 Å². The molecule has 3 heteroatoms. The van der Waals surface area contributed by atoms with Gasteiger partial charge in [0, 0.05) is 34.2 Å². The Morgan fingerprint density at radius 3 is 2.56 bits per heavy atom. The Bertz CT molecular complexity index is 1000. The van der Waals surface area contributed by atoms with Gasteiger partial charge in [0.1, 0.15) is 0 Å². The Hall–Kier alpha value is -2.52. The van der Waals surface area contributed by atoms with E-state index in [2.05, 4.69) is 75.7 Å². The molecule has 5 rings (SSSR count). The summed E-state index contributed by atoms with van der Waals surface area (Å²) < 4.78 is 0. The van der Waals surface area contributed by atoms with Crippen LogP contribution in [-0.2, 0) is 6.42 Å². The molecule has 1 fully saturated rings. The van der Waals surface area contributed by atoms with Gasteiger partial charge in [-0.15, -0.1) is 0 Å². The minimum absolute atomic E-state index is 0.683. The number of para-hydroxylation sites is 2. The van der Waals surface area contributed by atoms with Crippen molar-refractivity contribution in [1.82, 2.24) is 14.9 Å². The van der Waals surface area contributed by atoms with Crippen LogP contribution >= 0.6 is 0 Å². The van der Waals surface area contributed by atoms with Crippen LogP contribution in [0.25, 0.3) is 21.8 Å². The van der Waals surface area contributed by atoms with E-state index in [9.17, 15) is 0 Å². The number of aryl methyl sites for hydroxylation is 1. The highest BCUT2D eigenvalue weighted by Crippen LogP contribution is 2.30. The monoisotopic (exact) mass is 357 g/mol. The average molecular weight is 358 g/mol. The van der Waals surface area contributed by atoms with Crippen molar-refractivity contribution >= 4 is 21.8 Å². The van der Waals surface area contributed by atoms with E-state index in [1.165, 1.54) is 72.0 Å². The summed E-state index contributed by atoms with van der Waals surface area (Å²) in [5, 5.41) is 2.73. The van der Waals surface area contributed by atoms with E-state index in [0.29, 0.717) is 5.92 Å². The molecule has 138 valence electrons. The normalized spacial score (nSPS) is 16.4. The van der Waals surface area contributed by atoms with Crippen LogP contribution in [-0.4, -0.2) is 34.5 Å². The van der Waals surface area contributed by atoms with E-state index >= 15 is 0 Å².